The first-order valence-corrected chi connectivity index (χ1v) is 6.94. The second-order valence-corrected chi connectivity index (χ2v) is 7.48. The number of hydrogen-bond donors (Lipinski definition) is 3. The second-order valence-electron chi connectivity index (χ2n) is 7.48. The van der Waals surface area contributed by atoms with Gasteiger partial charge in [0.1, 0.15) is 0 Å². The van der Waals surface area contributed by atoms with Crippen LogP contribution in [0.1, 0.15) is 40.0 Å². The fraction of sp³-hybridized carbons (Fsp3) is 0.867. The molecule has 18 heavy (non-hydrogen) atoms. The van der Waals surface area contributed by atoms with Gasteiger partial charge in [0.25, 0.3) is 0 Å². The van der Waals surface area contributed by atoms with Crippen LogP contribution in [-0.4, -0.2) is 33.6 Å². The molecule has 5 atom stereocenters. The van der Waals surface area contributed by atoms with Gasteiger partial charge in [0, 0.05) is 16.7 Å². The third-order valence-electron chi connectivity index (χ3n) is 6.66. The van der Waals surface area contributed by atoms with Crippen molar-refractivity contribution in [3.63, 3.8) is 0 Å². The molecule has 3 aliphatic carbocycles. The van der Waals surface area contributed by atoms with Gasteiger partial charge < -0.3 is 15.3 Å². The van der Waals surface area contributed by atoms with Gasteiger partial charge in [-0.05, 0) is 24.7 Å². The summed E-state index contributed by atoms with van der Waals surface area (Å²) in [6.07, 6.45) is 5.68. The van der Waals surface area contributed by atoms with Crippen LogP contribution in [0.2, 0.25) is 0 Å². The number of aliphatic hydroxyl groups is 3. The van der Waals surface area contributed by atoms with E-state index in [-0.39, 0.29) is 23.4 Å². The number of aliphatic hydroxyl groups excluding tert-OH is 2. The van der Waals surface area contributed by atoms with E-state index in [2.05, 4.69) is 20.8 Å². The van der Waals surface area contributed by atoms with E-state index in [9.17, 15) is 15.3 Å². The van der Waals surface area contributed by atoms with Gasteiger partial charge in [0.15, 0.2) is 0 Å². The molecule has 2 saturated carbocycles. The summed E-state index contributed by atoms with van der Waals surface area (Å²) in [6.45, 7) is 6.28. The molecule has 0 aromatic rings. The molecule has 102 valence electrons. The molecule has 0 saturated heterocycles. The summed E-state index contributed by atoms with van der Waals surface area (Å²) in [4.78, 5) is 0. The molecule has 0 aromatic heterocycles. The molecule has 0 aromatic carbocycles. The summed E-state index contributed by atoms with van der Waals surface area (Å²) in [7, 11) is 0. The van der Waals surface area contributed by atoms with E-state index in [1.54, 1.807) is 0 Å². The van der Waals surface area contributed by atoms with Crippen molar-refractivity contribution in [1.82, 2.24) is 0 Å². The number of rotatable bonds is 1. The lowest BCUT2D eigenvalue weighted by atomic mass is 9.36. The smallest absolute Gasteiger partial charge is 0.0784 e. The molecule has 3 rings (SSSR count). The van der Waals surface area contributed by atoms with E-state index in [1.165, 1.54) is 0 Å². The Balaban J connectivity index is 2.07. The topological polar surface area (TPSA) is 60.7 Å². The fourth-order valence-corrected chi connectivity index (χ4v) is 4.95. The predicted molar refractivity (Wildman–Crippen MR) is 68.8 cm³/mol. The molecule has 0 spiro atoms. The van der Waals surface area contributed by atoms with Crippen molar-refractivity contribution in [3.8, 4) is 0 Å². The molecular weight excluding hydrogens is 228 g/mol. The zero-order chi connectivity index (χ0) is 13.4. The van der Waals surface area contributed by atoms with Crippen LogP contribution in [0, 0.1) is 22.2 Å². The summed E-state index contributed by atoms with van der Waals surface area (Å²) in [5, 5.41) is 31.2. The van der Waals surface area contributed by atoms with Gasteiger partial charge in [-0.25, -0.2) is 0 Å². The average Bonchev–Trinajstić information content (AvgIpc) is 2.58. The molecule has 3 aliphatic rings. The van der Waals surface area contributed by atoms with E-state index < -0.39 is 17.1 Å². The zero-order valence-electron chi connectivity index (χ0n) is 11.5. The van der Waals surface area contributed by atoms with Crippen LogP contribution in [0.3, 0.4) is 0 Å². The normalized spacial score (nSPS) is 56.8. The highest BCUT2D eigenvalue weighted by Gasteiger charge is 2.73. The Hall–Kier alpha value is -0.380. The Morgan fingerprint density at radius 1 is 1.22 bits per heavy atom. The van der Waals surface area contributed by atoms with Gasteiger partial charge in [-0.3, -0.25) is 0 Å². The maximum absolute atomic E-state index is 11.0. The molecule has 0 heterocycles. The molecular formula is C15H24O3. The summed E-state index contributed by atoms with van der Waals surface area (Å²) in [5.41, 5.74) is -1.55. The summed E-state index contributed by atoms with van der Waals surface area (Å²) in [5.74, 6) is 0.0668. The molecule has 3 nitrogen and oxygen atoms in total. The number of hydrogen-bond acceptors (Lipinski definition) is 3. The monoisotopic (exact) mass is 252 g/mol. The lowest BCUT2D eigenvalue weighted by Gasteiger charge is -2.70. The van der Waals surface area contributed by atoms with Crippen molar-refractivity contribution < 1.29 is 15.3 Å². The van der Waals surface area contributed by atoms with Crippen molar-refractivity contribution in [2.24, 2.45) is 22.2 Å². The molecule has 2 fully saturated rings. The van der Waals surface area contributed by atoms with Crippen molar-refractivity contribution in [2.45, 2.75) is 51.7 Å². The Morgan fingerprint density at radius 3 is 2.44 bits per heavy atom. The SMILES string of the molecule is CC1(C)C[C@@H]2[C@@]3(CO)C=C[C@H](O)[C@@]3(C)CC[C@]21O. The molecule has 3 N–H and O–H groups in total. The third kappa shape index (κ3) is 1.04. The molecule has 0 radical (unpaired) electrons. The van der Waals surface area contributed by atoms with Crippen LogP contribution >= 0.6 is 0 Å². The standard InChI is InChI=1S/C15H24O3/c1-12(2)8-10-14(9-16)5-4-11(17)13(14,3)6-7-15(10,12)18/h4-5,10-11,16-18H,6-9H2,1-3H3/t10-,11+,13-,14+,15+/m1/s1. The van der Waals surface area contributed by atoms with Crippen LogP contribution in [0.4, 0.5) is 0 Å². The lowest BCUT2D eigenvalue weighted by molar-refractivity contribution is -0.291. The molecule has 0 amide bonds. The second kappa shape index (κ2) is 3.20. The molecule has 0 unspecified atom stereocenters. The van der Waals surface area contributed by atoms with Crippen LogP contribution in [-0.2, 0) is 0 Å². The van der Waals surface area contributed by atoms with Gasteiger partial charge >= 0.3 is 0 Å². The zero-order valence-corrected chi connectivity index (χ0v) is 11.5. The molecule has 0 bridgehead atoms. The highest BCUT2D eigenvalue weighted by molar-refractivity contribution is 5.32. The van der Waals surface area contributed by atoms with E-state index in [4.69, 9.17) is 0 Å². The van der Waals surface area contributed by atoms with E-state index in [0.717, 1.165) is 19.3 Å². The van der Waals surface area contributed by atoms with E-state index in [1.807, 2.05) is 12.2 Å². The highest BCUT2D eigenvalue weighted by atomic mass is 16.3. The summed E-state index contributed by atoms with van der Waals surface area (Å²) >= 11 is 0. The number of fused-ring (bicyclic) bond motifs is 3. The van der Waals surface area contributed by atoms with Crippen molar-refractivity contribution >= 4 is 0 Å². The van der Waals surface area contributed by atoms with Crippen LogP contribution in [0.15, 0.2) is 12.2 Å². The lowest BCUT2D eigenvalue weighted by Crippen LogP contribution is -2.72. The first-order valence-electron chi connectivity index (χ1n) is 6.94. The average molecular weight is 252 g/mol. The quantitative estimate of drug-likeness (QED) is 0.619. The summed E-state index contributed by atoms with van der Waals surface area (Å²) in [6, 6.07) is 0. The van der Waals surface area contributed by atoms with Crippen molar-refractivity contribution in [3.05, 3.63) is 12.2 Å². The maximum Gasteiger partial charge on any atom is 0.0784 e. The Labute approximate surface area is 109 Å². The predicted octanol–water partition coefficient (Wildman–Crippen LogP) is 1.47. The molecule has 3 heteroatoms. The molecule has 0 aliphatic heterocycles. The van der Waals surface area contributed by atoms with Gasteiger partial charge in [-0.1, -0.05) is 32.9 Å². The minimum Gasteiger partial charge on any atom is -0.395 e. The minimum absolute atomic E-state index is 0.0140. The van der Waals surface area contributed by atoms with Gasteiger partial charge in [-0.15, -0.1) is 0 Å². The van der Waals surface area contributed by atoms with Crippen LogP contribution in [0.25, 0.3) is 0 Å². The van der Waals surface area contributed by atoms with Crippen LogP contribution in [0.5, 0.6) is 0 Å². The van der Waals surface area contributed by atoms with Gasteiger partial charge in [-0.2, -0.15) is 0 Å². The largest absolute Gasteiger partial charge is 0.395 e. The minimum atomic E-state index is -0.691. The highest BCUT2D eigenvalue weighted by Crippen LogP contribution is 2.72. The maximum atomic E-state index is 11.0. The van der Waals surface area contributed by atoms with Crippen molar-refractivity contribution in [1.29, 1.82) is 0 Å². The Bertz CT molecular complexity index is 416. The first kappa shape index (κ1) is 12.6. The Morgan fingerprint density at radius 2 is 1.89 bits per heavy atom. The Kier molecular flexibility index (Phi) is 2.24. The summed E-state index contributed by atoms with van der Waals surface area (Å²) < 4.78 is 0. The third-order valence-corrected chi connectivity index (χ3v) is 6.66. The van der Waals surface area contributed by atoms with E-state index in [0.29, 0.717) is 0 Å². The first-order chi connectivity index (χ1) is 8.23. The van der Waals surface area contributed by atoms with Gasteiger partial charge in [0.05, 0.1) is 18.3 Å². The fourth-order valence-electron chi connectivity index (χ4n) is 4.95. The van der Waals surface area contributed by atoms with Crippen molar-refractivity contribution in [2.75, 3.05) is 6.61 Å². The van der Waals surface area contributed by atoms with Gasteiger partial charge in [0.2, 0.25) is 0 Å². The van der Waals surface area contributed by atoms with E-state index >= 15 is 0 Å². The van der Waals surface area contributed by atoms with Crippen LogP contribution < -0.4 is 0 Å².